The second kappa shape index (κ2) is 5.11. The van der Waals surface area contributed by atoms with Crippen LogP contribution >= 0.6 is 0 Å². The van der Waals surface area contributed by atoms with Crippen LogP contribution in [0.25, 0.3) is 21.5 Å². The van der Waals surface area contributed by atoms with Crippen LogP contribution in [-0.4, -0.2) is 11.1 Å². The van der Waals surface area contributed by atoms with Gasteiger partial charge in [-0.15, -0.1) is 0 Å². The molecule has 1 N–H and O–H groups in total. The normalized spacial score (nSPS) is 10.2. The Labute approximate surface area is 128 Å². The van der Waals surface area contributed by atoms with Crippen LogP contribution in [0.5, 0.6) is 0 Å². The number of carboxylic acid groups (broad SMARTS) is 1. The summed E-state index contributed by atoms with van der Waals surface area (Å²) in [4.78, 5) is 10.9. The molecular formula is C15H11NaO2. The Hall–Kier alpha value is -1.35. The molecule has 3 aromatic rings. The summed E-state index contributed by atoms with van der Waals surface area (Å²) in [5.41, 5.74) is 0.327. The molecule has 0 aromatic heterocycles. The Morgan fingerprint density at radius 1 is 0.833 bits per heavy atom. The minimum atomic E-state index is -0.889. The fourth-order valence-electron chi connectivity index (χ4n) is 2.07. The second-order valence-corrected chi connectivity index (χ2v) is 4.07. The summed E-state index contributed by atoms with van der Waals surface area (Å²) in [6.07, 6.45) is 0. The van der Waals surface area contributed by atoms with E-state index in [1.54, 1.807) is 12.1 Å². The van der Waals surface area contributed by atoms with Crippen molar-refractivity contribution in [3.63, 3.8) is 0 Å². The van der Waals surface area contributed by atoms with Crippen LogP contribution in [0.15, 0.2) is 54.6 Å². The van der Waals surface area contributed by atoms with E-state index in [4.69, 9.17) is 5.11 Å². The Morgan fingerprint density at radius 3 is 2.00 bits per heavy atom. The first-order valence-electron chi connectivity index (χ1n) is 5.40. The van der Waals surface area contributed by atoms with Gasteiger partial charge in [-0.25, -0.2) is 4.79 Å². The molecule has 0 atom stereocenters. The number of carboxylic acids is 1. The Kier molecular flexibility index (Phi) is 3.71. The number of hydrogen-bond acceptors (Lipinski definition) is 1. The van der Waals surface area contributed by atoms with Crippen molar-refractivity contribution in [2.45, 2.75) is 0 Å². The average Bonchev–Trinajstić information content (AvgIpc) is 2.35. The van der Waals surface area contributed by atoms with E-state index in [2.05, 4.69) is 12.1 Å². The summed E-state index contributed by atoms with van der Waals surface area (Å²) in [6, 6.07) is 17.4. The minimum absolute atomic E-state index is 0. The van der Waals surface area contributed by atoms with Crippen molar-refractivity contribution < 1.29 is 40.9 Å². The molecule has 0 unspecified atom stereocenters. The van der Waals surface area contributed by atoms with Gasteiger partial charge in [-0.05, 0) is 45.8 Å². The molecule has 3 rings (SSSR count). The maximum absolute atomic E-state index is 10.9. The standard InChI is InChI=1S/C15H10O2.Na.H/c16-15(17)13-6-5-12-7-10-3-1-2-4-11(10)8-14(12)9-13;;/h1-9H,(H,16,17);;/q;+1;-1. The zero-order valence-electron chi connectivity index (χ0n) is 11.1. The fourth-order valence-corrected chi connectivity index (χ4v) is 2.07. The zero-order chi connectivity index (χ0) is 11.8. The van der Waals surface area contributed by atoms with Gasteiger partial charge >= 0.3 is 35.5 Å². The van der Waals surface area contributed by atoms with Crippen molar-refractivity contribution in [3.8, 4) is 0 Å². The van der Waals surface area contributed by atoms with Gasteiger partial charge < -0.3 is 6.53 Å². The molecular weight excluding hydrogens is 235 g/mol. The SMILES string of the molecule is O=C(O)c1ccc2cc3ccccc3cc2c1.[H-].[Na+]. The van der Waals surface area contributed by atoms with E-state index in [9.17, 15) is 4.79 Å². The third kappa shape index (κ3) is 2.27. The first-order chi connectivity index (χ1) is 8.24. The molecule has 0 heterocycles. The number of fused-ring (bicyclic) bond motifs is 2. The molecule has 2 nitrogen and oxygen atoms in total. The van der Waals surface area contributed by atoms with E-state index >= 15 is 0 Å². The molecule has 3 aromatic carbocycles. The van der Waals surface area contributed by atoms with Crippen LogP contribution in [0.4, 0.5) is 0 Å². The molecule has 0 spiro atoms. The molecule has 18 heavy (non-hydrogen) atoms. The Bertz CT molecular complexity index is 740. The van der Waals surface area contributed by atoms with E-state index in [0.29, 0.717) is 5.56 Å². The molecule has 0 aliphatic rings. The number of rotatable bonds is 1. The summed E-state index contributed by atoms with van der Waals surface area (Å²) in [5.74, 6) is -0.889. The van der Waals surface area contributed by atoms with Crippen molar-refractivity contribution in [1.82, 2.24) is 0 Å². The van der Waals surface area contributed by atoms with E-state index in [0.717, 1.165) is 16.2 Å². The molecule has 0 saturated heterocycles. The van der Waals surface area contributed by atoms with Gasteiger partial charge in [0.2, 0.25) is 0 Å². The molecule has 3 heteroatoms. The van der Waals surface area contributed by atoms with Crippen LogP contribution in [-0.2, 0) is 0 Å². The van der Waals surface area contributed by atoms with E-state index in [1.165, 1.54) is 5.39 Å². The van der Waals surface area contributed by atoms with Crippen molar-refractivity contribution in [1.29, 1.82) is 0 Å². The third-order valence-corrected chi connectivity index (χ3v) is 2.95. The smallest absolute Gasteiger partial charge is 1.00 e. The summed E-state index contributed by atoms with van der Waals surface area (Å²) in [7, 11) is 0. The molecule has 0 fully saturated rings. The number of aromatic carboxylic acids is 1. The van der Waals surface area contributed by atoms with Crippen molar-refractivity contribution in [2.24, 2.45) is 0 Å². The third-order valence-electron chi connectivity index (χ3n) is 2.95. The zero-order valence-corrected chi connectivity index (χ0v) is 12.1. The summed E-state index contributed by atoms with van der Waals surface area (Å²) in [6.45, 7) is 0. The monoisotopic (exact) mass is 246 g/mol. The van der Waals surface area contributed by atoms with Gasteiger partial charge in [0, 0.05) is 0 Å². The van der Waals surface area contributed by atoms with Crippen LogP contribution in [0.3, 0.4) is 0 Å². The van der Waals surface area contributed by atoms with Gasteiger partial charge in [0.1, 0.15) is 0 Å². The summed E-state index contributed by atoms with van der Waals surface area (Å²) < 4.78 is 0. The van der Waals surface area contributed by atoms with E-state index in [-0.39, 0.29) is 31.0 Å². The molecule has 0 bridgehead atoms. The predicted octanol–water partition coefficient (Wildman–Crippen LogP) is 0.808. The molecule has 0 radical (unpaired) electrons. The number of benzene rings is 3. The summed E-state index contributed by atoms with van der Waals surface area (Å²) in [5, 5.41) is 13.3. The van der Waals surface area contributed by atoms with Crippen LogP contribution < -0.4 is 29.6 Å². The van der Waals surface area contributed by atoms with E-state index in [1.807, 2.05) is 30.3 Å². The van der Waals surface area contributed by atoms with Gasteiger partial charge in [-0.2, -0.15) is 0 Å². The maximum Gasteiger partial charge on any atom is 1.00 e. The topological polar surface area (TPSA) is 37.3 Å². The van der Waals surface area contributed by atoms with Crippen LogP contribution in [0, 0.1) is 0 Å². The van der Waals surface area contributed by atoms with Crippen molar-refractivity contribution in [3.05, 3.63) is 60.2 Å². The Balaban J connectivity index is 0.000000902. The summed E-state index contributed by atoms with van der Waals surface area (Å²) >= 11 is 0. The van der Waals surface area contributed by atoms with Crippen LogP contribution in [0.2, 0.25) is 0 Å². The van der Waals surface area contributed by atoms with Gasteiger partial charge in [-0.3, -0.25) is 0 Å². The predicted molar refractivity (Wildman–Crippen MR) is 69.5 cm³/mol. The molecule has 0 aliphatic heterocycles. The van der Waals surface area contributed by atoms with E-state index < -0.39 is 5.97 Å². The van der Waals surface area contributed by atoms with Gasteiger partial charge in [0.15, 0.2) is 0 Å². The van der Waals surface area contributed by atoms with Crippen molar-refractivity contribution in [2.75, 3.05) is 0 Å². The van der Waals surface area contributed by atoms with Crippen molar-refractivity contribution >= 4 is 27.5 Å². The van der Waals surface area contributed by atoms with Crippen LogP contribution in [0.1, 0.15) is 11.8 Å². The minimum Gasteiger partial charge on any atom is -1.00 e. The first kappa shape index (κ1) is 13.1. The van der Waals surface area contributed by atoms with Gasteiger partial charge in [0.25, 0.3) is 0 Å². The quantitative estimate of drug-likeness (QED) is 0.509. The fraction of sp³-hybridized carbons (Fsp3) is 0. The largest absolute Gasteiger partial charge is 1.00 e. The molecule has 0 saturated carbocycles. The maximum atomic E-state index is 10.9. The second-order valence-electron chi connectivity index (χ2n) is 4.07. The molecule has 0 aliphatic carbocycles. The Morgan fingerprint density at radius 2 is 1.39 bits per heavy atom. The number of carbonyl (C=O) groups is 1. The molecule has 0 amide bonds. The average molecular weight is 246 g/mol. The van der Waals surface area contributed by atoms with Gasteiger partial charge in [-0.1, -0.05) is 30.3 Å². The number of hydrogen-bond donors (Lipinski definition) is 1. The van der Waals surface area contributed by atoms with Gasteiger partial charge in [0.05, 0.1) is 5.56 Å². The first-order valence-corrected chi connectivity index (χ1v) is 5.40. The molecule has 84 valence electrons.